The fourth-order valence-electron chi connectivity index (χ4n) is 3.86. The Balaban J connectivity index is 1.56. The van der Waals surface area contributed by atoms with Crippen molar-refractivity contribution in [2.45, 2.75) is 20.0 Å². The van der Waals surface area contributed by atoms with Crippen LogP contribution in [-0.2, 0) is 13.1 Å². The molecule has 0 atom stereocenters. The number of amides is 1. The van der Waals surface area contributed by atoms with Crippen molar-refractivity contribution in [3.63, 3.8) is 0 Å². The van der Waals surface area contributed by atoms with Crippen LogP contribution in [0.4, 0.5) is 0 Å². The van der Waals surface area contributed by atoms with Crippen molar-refractivity contribution in [3.05, 3.63) is 99.9 Å². The van der Waals surface area contributed by atoms with Gasteiger partial charge in [0.1, 0.15) is 5.82 Å². The molecule has 3 heterocycles. The van der Waals surface area contributed by atoms with E-state index in [1.165, 1.54) is 0 Å². The average molecular weight is 447 g/mol. The summed E-state index contributed by atoms with van der Waals surface area (Å²) in [6, 6.07) is 19.7. The normalized spacial score (nSPS) is 13.0. The number of halogens is 1. The van der Waals surface area contributed by atoms with Crippen LogP contribution in [0.3, 0.4) is 0 Å². The molecule has 0 aliphatic carbocycles. The van der Waals surface area contributed by atoms with Crippen molar-refractivity contribution in [2.24, 2.45) is 0 Å². The van der Waals surface area contributed by atoms with E-state index in [1.807, 2.05) is 70.5 Å². The largest absolute Gasteiger partial charge is 0.328 e. The van der Waals surface area contributed by atoms with Crippen molar-refractivity contribution < 1.29 is 4.79 Å². The van der Waals surface area contributed by atoms with Crippen molar-refractivity contribution in [3.8, 4) is 11.5 Å². The lowest BCUT2D eigenvalue weighted by Gasteiger charge is -2.18. The van der Waals surface area contributed by atoms with E-state index in [-0.39, 0.29) is 5.91 Å². The van der Waals surface area contributed by atoms with Gasteiger partial charge in [-0.2, -0.15) is 5.10 Å². The molecule has 2 aromatic heterocycles. The second-order valence-corrected chi connectivity index (χ2v) is 8.12. The summed E-state index contributed by atoms with van der Waals surface area (Å²) < 4.78 is 4.98. The van der Waals surface area contributed by atoms with Gasteiger partial charge in [-0.3, -0.25) is 4.79 Å². The first kappa shape index (κ1) is 17.9. The molecule has 0 saturated heterocycles. The maximum absolute atomic E-state index is 13.0. The molecule has 0 fully saturated rings. The van der Waals surface area contributed by atoms with Crippen LogP contribution in [0.5, 0.6) is 0 Å². The zero-order valence-electron chi connectivity index (χ0n) is 15.9. The number of nitrogens with zero attached hydrogens (tertiary/aromatic N) is 4. The number of hydrogen-bond acceptors (Lipinski definition) is 2. The summed E-state index contributed by atoms with van der Waals surface area (Å²) in [5.41, 5.74) is 4.92. The predicted octanol–water partition coefficient (Wildman–Crippen LogP) is 4.89. The maximum atomic E-state index is 13.0. The molecule has 4 aromatic rings. The van der Waals surface area contributed by atoms with Crippen LogP contribution in [0, 0.1) is 6.92 Å². The summed E-state index contributed by atoms with van der Waals surface area (Å²) >= 11 is 3.45. The fourth-order valence-corrected chi connectivity index (χ4v) is 4.26. The van der Waals surface area contributed by atoms with E-state index in [2.05, 4.69) is 39.6 Å². The van der Waals surface area contributed by atoms with E-state index in [9.17, 15) is 4.79 Å². The SMILES string of the molecule is Cc1ccccc1-n1nc2c(c1-n1cccc1)CN(C(=O)c1cccc(Br)c1)C2. The molecular weight excluding hydrogens is 428 g/mol. The number of para-hydroxylation sites is 1. The van der Waals surface area contributed by atoms with Gasteiger partial charge in [0.2, 0.25) is 0 Å². The zero-order valence-corrected chi connectivity index (χ0v) is 17.5. The Morgan fingerprint density at radius 3 is 2.55 bits per heavy atom. The Bertz CT molecular complexity index is 1210. The van der Waals surface area contributed by atoms with Crippen LogP contribution < -0.4 is 0 Å². The molecule has 6 heteroatoms. The molecule has 5 rings (SSSR count). The van der Waals surface area contributed by atoms with Crippen molar-refractivity contribution in [1.82, 2.24) is 19.2 Å². The van der Waals surface area contributed by atoms with Gasteiger partial charge >= 0.3 is 0 Å². The fraction of sp³-hybridized carbons (Fsp3) is 0.130. The third kappa shape index (κ3) is 3.09. The topological polar surface area (TPSA) is 43.1 Å². The molecule has 5 nitrogen and oxygen atoms in total. The van der Waals surface area contributed by atoms with Gasteiger partial charge < -0.3 is 9.47 Å². The highest BCUT2D eigenvalue weighted by Gasteiger charge is 2.32. The monoisotopic (exact) mass is 446 g/mol. The minimum absolute atomic E-state index is 0.0187. The zero-order chi connectivity index (χ0) is 20.0. The van der Waals surface area contributed by atoms with Crippen LogP contribution in [-0.4, -0.2) is 25.2 Å². The number of rotatable bonds is 3. The first-order chi connectivity index (χ1) is 14.1. The molecule has 1 amide bonds. The molecular formula is C23H19BrN4O. The number of hydrogen-bond donors (Lipinski definition) is 0. The van der Waals surface area contributed by atoms with Crippen LogP contribution in [0.2, 0.25) is 0 Å². The number of aryl methyl sites for hydroxylation is 1. The van der Waals surface area contributed by atoms with Gasteiger partial charge in [-0.05, 0) is 48.9 Å². The number of fused-ring (bicyclic) bond motifs is 1. The molecule has 2 aromatic carbocycles. The molecule has 29 heavy (non-hydrogen) atoms. The minimum atomic E-state index is 0.0187. The third-order valence-corrected chi connectivity index (χ3v) is 5.77. The molecule has 0 saturated carbocycles. The Labute approximate surface area is 177 Å². The Morgan fingerprint density at radius 1 is 1.00 bits per heavy atom. The second kappa shape index (κ2) is 7.04. The predicted molar refractivity (Wildman–Crippen MR) is 115 cm³/mol. The van der Waals surface area contributed by atoms with Gasteiger partial charge in [0.15, 0.2) is 0 Å². The lowest BCUT2D eigenvalue weighted by molar-refractivity contribution is 0.0749. The number of aromatic nitrogens is 3. The van der Waals surface area contributed by atoms with Gasteiger partial charge in [0, 0.05) is 28.0 Å². The second-order valence-electron chi connectivity index (χ2n) is 7.21. The summed E-state index contributed by atoms with van der Waals surface area (Å²) in [6.07, 6.45) is 4.04. The van der Waals surface area contributed by atoms with Crippen LogP contribution in [0.1, 0.15) is 27.2 Å². The quantitative estimate of drug-likeness (QED) is 0.449. The first-order valence-electron chi connectivity index (χ1n) is 9.47. The maximum Gasteiger partial charge on any atom is 0.254 e. The van der Waals surface area contributed by atoms with E-state index in [1.54, 1.807) is 0 Å². The molecule has 1 aliphatic rings. The standard InChI is InChI=1S/C23H19BrN4O/c1-16-7-2-3-10-21(16)28-22(26-11-4-5-12-26)19-14-27(15-20(19)25-28)23(29)17-8-6-9-18(24)13-17/h2-13H,14-15H2,1H3. The summed E-state index contributed by atoms with van der Waals surface area (Å²) in [5.74, 6) is 1.01. The third-order valence-electron chi connectivity index (χ3n) is 5.28. The molecule has 0 spiro atoms. The Kier molecular flexibility index (Phi) is 4.36. The number of benzene rings is 2. The summed E-state index contributed by atoms with van der Waals surface area (Å²) in [4.78, 5) is 14.9. The highest BCUT2D eigenvalue weighted by Crippen LogP contribution is 2.32. The Hall–Kier alpha value is -3.12. The number of carbonyl (C=O) groups is 1. The van der Waals surface area contributed by atoms with E-state index in [4.69, 9.17) is 5.10 Å². The molecule has 144 valence electrons. The van der Waals surface area contributed by atoms with Crippen molar-refractivity contribution >= 4 is 21.8 Å². The lowest BCUT2D eigenvalue weighted by atomic mass is 10.2. The molecule has 0 unspecified atom stereocenters. The number of carbonyl (C=O) groups excluding carboxylic acids is 1. The van der Waals surface area contributed by atoms with Gasteiger partial charge in [0.05, 0.1) is 24.5 Å². The minimum Gasteiger partial charge on any atom is -0.328 e. The van der Waals surface area contributed by atoms with E-state index in [0.717, 1.165) is 32.8 Å². The van der Waals surface area contributed by atoms with Gasteiger partial charge in [-0.25, -0.2) is 4.68 Å². The van der Waals surface area contributed by atoms with Crippen LogP contribution >= 0.6 is 15.9 Å². The average Bonchev–Trinajstić information content (AvgIpc) is 3.43. The highest BCUT2D eigenvalue weighted by atomic mass is 79.9. The summed E-state index contributed by atoms with van der Waals surface area (Å²) in [7, 11) is 0. The molecule has 0 bridgehead atoms. The van der Waals surface area contributed by atoms with Gasteiger partial charge in [-0.15, -0.1) is 0 Å². The van der Waals surface area contributed by atoms with E-state index >= 15 is 0 Å². The first-order valence-corrected chi connectivity index (χ1v) is 10.3. The van der Waals surface area contributed by atoms with Crippen LogP contribution in [0.25, 0.3) is 11.5 Å². The Morgan fingerprint density at radius 2 is 1.79 bits per heavy atom. The molecule has 0 radical (unpaired) electrons. The van der Waals surface area contributed by atoms with Gasteiger partial charge in [0.25, 0.3) is 5.91 Å². The lowest BCUT2D eigenvalue weighted by Crippen LogP contribution is -2.26. The van der Waals surface area contributed by atoms with Crippen molar-refractivity contribution in [1.29, 1.82) is 0 Å². The van der Waals surface area contributed by atoms with E-state index < -0.39 is 0 Å². The smallest absolute Gasteiger partial charge is 0.254 e. The summed E-state index contributed by atoms with van der Waals surface area (Å²) in [5, 5.41) is 4.91. The van der Waals surface area contributed by atoms with E-state index in [0.29, 0.717) is 18.7 Å². The van der Waals surface area contributed by atoms with Gasteiger partial charge in [-0.1, -0.05) is 40.2 Å². The summed E-state index contributed by atoms with van der Waals surface area (Å²) in [6.45, 7) is 3.14. The molecule has 0 N–H and O–H groups in total. The highest BCUT2D eigenvalue weighted by molar-refractivity contribution is 9.10. The van der Waals surface area contributed by atoms with Crippen molar-refractivity contribution in [2.75, 3.05) is 0 Å². The molecule has 1 aliphatic heterocycles. The van der Waals surface area contributed by atoms with Crippen LogP contribution in [0.15, 0.2) is 77.5 Å².